The molecule has 3 heterocycles. The van der Waals surface area contributed by atoms with Crippen LogP contribution in [-0.2, 0) is 0 Å². The average Bonchev–Trinajstić information content (AvgIpc) is 3.23. The number of hydrogen-bond donors (Lipinski definition) is 1. The van der Waals surface area contributed by atoms with Gasteiger partial charge in [0.05, 0.1) is 23.8 Å². The van der Waals surface area contributed by atoms with E-state index in [0.29, 0.717) is 5.65 Å². The predicted octanol–water partition coefficient (Wildman–Crippen LogP) is 3.11. The van der Waals surface area contributed by atoms with Gasteiger partial charge in [-0.1, -0.05) is 23.8 Å². The third kappa shape index (κ3) is 2.55. The van der Waals surface area contributed by atoms with Crippen molar-refractivity contribution in [3.63, 3.8) is 0 Å². The molecule has 0 fully saturated rings. The molecule has 3 aromatic heterocycles. The summed E-state index contributed by atoms with van der Waals surface area (Å²) in [5.41, 5.74) is 5.36. The Morgan fingerprint density at radius 1 is 1.20 bits per heavy atom. The molecule has 0 radical (unpaired) electrons. The van der Waals surface area contributed by atoms with Crippen LogP contribution in [0.2, 0.25) is 0 Å². The monoisotopic (exact) mass is 333 g/mol. The molecular weight excluding hydrogens is 314 g/mol. The Hall–Kier alpha value is -3.15. The van der Waals surface area contributed by atoms with Crippen LogP contribution in [0.25, 0.3) is 16.9 Å². The summed E-state index contributed by atoms with van der Waals surface area (Å²) < 4.78 is 3.44. The second-order valence-electron chi connectivity index (χ2n) is 6.35. The Kier molecular flexibility index (Phi) is 3.53. The maximum Gasteiger partial charge on any atom is 0.272 e. The Morgan fingerprint density at radius 3 is 2.76 bits per heavy atom. The normalized spacial score (nSPS) is 12.6. The SMILES string of the molecule is Cc1cccc(-c2[nH]n3c(=O)cc(C(C)n4ccnc4)nc3c2C)c1. The highest BCUT2D eigenvalue weighted by molar-refractivity contribution is 5.70. The van der Waals surface area contributed by atoms with Gasteiger partial charge < -0.3 is 4.57 Å². The number of nitrogens with zero attached hydrogens (tertiary/aromatic N) is 4. The second kappa shape index (κ2) is 5.73. The number of fused-ring (bicyclic) bond motifs is 1. The molecule has 0 amide bonds. The van der Waals surface area contributed by atoms with E-state index in [9.17, 15) is 4.79 Å². The van der Waals surface area contributed by atoms with Crippen molar-refractivity contribution in [2.75, 3.05) is 0 Å². The molecule has 0 bridgehead atoms. The standard InChI is InChI=1S/C19H19N5O/c1-12-5-4-6-15(9-12)18-13(2)19-21-16(10-17(25)24(19)22-18)14(3)23-8-7-20-11-23/h4-11,14,22H,1-3H3. The molecule has 0 aliphatic rings. The fraction of sp³-hybridized carbons (Fsp3) is 0.211. The van der Waals surface area contributed by atoms with Crippen molar-refractivity contribution < 1.29 is 0 Å². The summed E-state index contributed by atoms with van der Waals surface area (Å²) in [4.78, 5) is 21.4. The fourth-order valence-corrected chi connectivity index (χ4v) is 3.11. The van der Waals surface area contributed by atoms with Crippen molar-refractivity contribution in [1.82, 2.24) is 24.1 Å². The maximum atomic E-state index is 12.6. The molecule has 1 atom stereocenters. The molecule has 0 aliphatic carbocycles. The molecule has 4 aromatic rings. The summed E-state index contributed by atoms with van der Waals surface area (Å²) in [6.07, 6.45) is 5.33. The summed E-state index contributed by atoms with van der Waals surface area (Å²) in [7, 11) is 0. The van der Waals surface area contributed by atoms with E-state index in [4.69, 9.17) is 4.98 Å². The first kappa shape index (κ1) is 15.4. The van der Waals surface area contributed by atoms with Gasteiger partial charge in [0, 0.05) is 29.6 Å². The van der Waals surface area contributed by atoms with Crippen LogP contribution in [0.15, 0.2) is 53.8 Å². The summed E-state index contributed by atoms with van der Waals surface area (Å²) in [6, 6.07) is 9.71. The quantitative estimate of drug-likeness (QED) is 0.626. The molecule has 1 unspecified atom stereocenters. The Morgan fingerprint density at radius 2 is 2.04 bits per heavy atom. The Balaban J connectivity index is 1.89. The topological polar surface area (TPSA) is 68.0 Å². The number of hydrogen-bond acceptors (Lipinski definition) is 3. The van der Waals surface area contributed by atoms with Gasteiger partial charge in [-0.05, 0) is 26.8 Å². The lowest BCUT2D eigenvalue weighted by Gasteiger charge is -2.12. The number of aromatic amines is 1. The van der Waals surface area contributed by atoms with Gasteiger partial charge in [-0.25, -0.2) is 14.5 Å². The van der Waals surface area contributed by atoms with Gasteiger partial charge in [0.25, 0.3) is 5.56 Å². The van der Waals surface area contributed by atoms with Gasteiger partial charge in [0.1, 0.15) is 0 Å². The minimum atomic E-state index is -0.117. The van der Waals surface area contributed by atoms with Crippen LogP contribution in [0.5, 0.6) is 0 Å². The number of H-pyrrole nitrogens is 1. The zero-order valence-corrected chi connectivity index (χ0v) is 14.4. The van der Waals surface area contributed by atoms with Gasteiger partial charge in [0.2, 0.25) is 0 Å². The average molecular weight is 333 g/mol. The van der Waals surface area contributed by atoms with Crippen LogP contribution in [0.4, 0.5) is 0 Å². The first-order valence-electron chi connectivity index (χ1n) is 8.21. The highest BCUT2D eigenvalue weighted by Gasteiger charge is 2.16. The van der Waals surface area contributed by atoms with Crippen molar-refractivity contribution in [1.29, 1.82) is 0 Å². The Bertz CT molecular complexity index is 1100. The van der Waals surface area contributed by atoms with Crippen LogP contribution in [-0.4, -0.2) is 24.1 Å². The number of rotatable bonds is 3. The third-order valence-corrected chi connectivity index (χ3v) is 4.58. The van der Waals surface area contributed by atoms with E-state index in [0.717, 1.165) is 22.5 Å². The first-order chi connectivity index (χ1) is 12.0. The van der Waals surface area contributed by atoms with Crippen LogP contribution in [0, 0.1) is 13.8 Å². The molecule has 4 rings (SSSR count). The summed E-state index contributed by atoms with van der Waals surface area (Å²) in [6.45, 7) is 6.04. The van der Waals surface area contributed by atoms with Crippen LogP contribution >= 0.6 is 0 Å². The number of aromatic nitrogens is 5. The van der Waals surface area contributed by atoms with E-state index in [1.54, 1.807) is 18.6 Å². The largest absolute Gasteiger partial charge is 0.329 e. The fourth-order valence-electron chi connectivity index (χ4n) is 3.11. The van der Waals surface area contributed by atoms with E-state index >= 15 is 0 Å². The van der Waals surface area contributed by atoms with Crippen molar-refractivity contribution in [2.45, 2.75) is 26.8 Å². The summed E-state index contributed by atoms with van der Waals surface area (Å²) >= 11 is 0. The molecule has 1 N–H and O–H groups in total. The molecule has 0 spiro atoms. The summed E-state index contributed by atoms with van der Waals surface area (Å²) in [5.74, 6) is 0. The van der Waals surface area contributed by atoms with Crippen molar-refractivity contribution in [3.05, 3.63) is 76.2 Å². The second-order valence-corrected chi connectivity index (χ2v) is 6.35. The highest BCUT2D eigenvalue weighted by atomic mass is 16.1. The highest BCUT2D eigenvalue weighted by Crippen LogP contribution is 2.25. The smallest absolute Gasteiger partial charge is 0.272 e. The van der Waals surface area contributed by atoms with E-state index in [1.807, 2.05) is 36.7 Å². The van der Waals surface area contributed by atoms with E-state index in [1.165, 1.54) is 10.1 Å². The molecule has 1 aromatic carbocycles. The van der Waals surface area contributed by atoms with E-state index < -0.39 is 0 Å². The lowest BCUT2D eigenvalue weighted by molar-refractivity contribution is 0.617. The summed E-state index contributed by atoms with van der Waals surface area (Å²) in [5, 5.41) is 3.20. The lowest BCUT2D eigenvalue weighted by atomic mass is 10.1. The van der Waals surface area contributed by atoms with Gasteiger partial charge in [-0.2, -0.15) is 0 Å². The van der Waals surface area contributed by atoms with Crippen molar-refractivity contribution in [2.24, 2.45) is 0 Å². The minimum Gasteiger partial charge on any atom is -0.329 e. The molecule has 126 valence electrons. The lowest BCUT2D eigenvalue weighted by Crippen LogP contribution is -2.18. The number of nitrogens with one attached hydrogen (secondary N) is 1. The van der Waals surface area contributed by atoms with Crippen molar-refractivity contribution in [3.8, 4) is 11.3 Å². The number of imidazole rings is 1. The molecule has 0 saturated heterocycles. The maximum absolute atomic E-state index is 12.6. The van der Waals surface area contributed by atoms with E-state index in [2.05, 4.69) is 29.1 Å². The molecular formula is C19H19N5O. The van der Waals surface area contributed by atoms with Gasteiger partial charge >= 0.3 is 0 Å². The first-order valence-corrected chi connectivity index (χ1v) is 8.21. The molecule has 6 heteroatoms. The van der Waals surface area contributed by atoms with Crippen LogP contribution in [0.1, 0.15) is 29.8 Å². The van der Waals surface area contributed by atoms with Gasteiger partial charge in [-0.15, -0.1) is 0 Å². The van der Waals surface area contributed by atoms with E-state index in [-0.39, 0.29) is 11.6 Å². The zero-order valence-electron chi connectivity index (χ0n) is 14.4. The zero-order chi connectivity index (χ0) is 17.6. The van der Waals surface area contributed by atoms with Crippen LogP contribution in [0.3, 0.4) is 0 Å². The third-order valence-electron chi connectivity index (χ3n) is 4.58. The number of benzene rings is 1. The predicted molar refractivity (Wildman–Crippen MR) is 96.8 cm³/mol. The van der Waals surface area contributed by atoms with Gasteiger partial charge in [-0.3, -0.25) is 9.89 Å². The van der Waals surface area contributed by atoms with Crippen molar-refractivity contribution >= 4 is 5.65 Å². The molecule has 0 saturated carbocycles. The Labute approximate surface area is 144 Å². The molecule has 25 heavy (non-hydrogen) atoms. The molecule has 0 aliphatic heterocycles. The van der Waals surface area contributed by atoms with Crippen LogP contribution < -0.4 is 5.56 Å². The molecule has 6 nitrogen and oxygen atoms in total. The number of aryl methyl sites for hydroxylation is 2. The van der Waals surface area contributed by atoms with Gasteiger partial charge in [0.15, 0.2) is 5.65 Å². The minimum absolute atomic E-state index is 0.0584.